The highest BCUT2D eigenvalue weighted by molar-refractivity contribution is 7.85. The van der Waals surface area contributed by atoms with Crippen molar-refractivity contribution < 1.29 is 4.21 Å². The molecule has 0 atom stereocenters. The van der Waals surface area contributed by atoms with Gasteiger partial charge in [-0.1, -0.05) is 11.6 Å². The number of halogens is 1. The lowest BCUT2D eigenvalue weighted by Gasteiger charge is -2.22. The first-order valence-electron chi connectivity index (χ1n) is 6.88. The monoisotopic (exact) mass is 325 g/mol. The first kappa shape index (κ1) is 14.7. The molecule has 1 aliphatic rings. The van der Waals surface area contributed by atoms with Crippen molar-refractivity contribution in [3.8, 4) is 0 Å². The summed E-state index contributed by atoms with van der Waals surface area (Å²) in [6.45, 7) is 0.495. The van der Waals surface area contributed by atoms with E-state index in [4.69, 9.17) is 11.6 Å². The molecule has 112 valence electrons. The van der Waals surface area contributed by atoms with Gasteiger partial charge in [-0.25, -0.2) is 4.98 Å². The molecule has 1 aromatic carbocycles. The van der Waals surface area contributed by atoms with Crippen molar-refractivity contribution >= 4 is 33.3 Å². The van der Waals surface area contributed by atoms with Gasteiger partial charge in [-0.3, -0.25) is 9.00 Å². The Hall–Kier alpha value is -1.24. The molecule has 1 saturated heterocycles. The number of rotatable bonds is 3. The molecule has 0 saturated carbocycles. The van der Waals surface area contributed by atoms with Crippen molar-refractivity contribution in [3.63, 3.8) is 0 Å². The summed E-state index contributed by atoms with van der Waals surface area (Å²) in [6.07, 6.45) is 1.80. The number of hydrogen-bond donors (Lipinski definition) is 2. The second-order valence-corrected chi connectivity index (χ2v) is 7.31. The SMILES string of the molecule is O=c1[nH]c(CNC2CCS(=O)CC2)nc2cc(Cl)ccc12. The van der Waals surface area contributed by atoms with Crippen LogP contribution >= 0.6 is 11.6 Å². The van der Waals surface area contributed by atoms with Crippen molar-refractivity contribution in [2.75, 3.05) is 11.5 Å². The van der Waals surface area contributed by atoms with Gasteiger partial charge in [0.1, 0.15) is 5.82 Å². The molecular formula is C14H16ClN3O2S. The van der Waals surface area contributed by atoms with Gasteiger partial charge in [0.15, 0.2) is 0 Å². The molecule has 2 aromatic rings. The Labute approximate surface area is 129 Å². The molecule has 0 bridgehead atoms. The highest BCUT2D eigenvalue weighted by atomic mass is 35.5. The lowest BCUT2D eigenvalue weighted by atomic mass is 10.1. The van der Waals surface area contributed by atoms with E-state index in [1.165, 1.54) is 0 Å². The Morgan fingerprint density at radius 1 is 1.38 bits per heavy atom. The van der Waals surface area contributed by atoms with Crippen molar-refractivity contribution in [1.82, 2.24) is 15.3 Å². The number of aromatic nitrogens is 2. The quantitative estimate of drug-likeness (QED) is 0.898. The topological polar surface area (TPSA) is 74.8 Å². The zero-order valence-corrected chi connectivity index (χ0v) is 13.0. The molecule has 1 aliphatic heterocycles. The molecule has 7 heteroatoms. The molecule has 0 unspecified atom stereocenters. The minimum Gasteiger partial charge on any atom is -0.309 e. The van der Waals surface area contributed by atoms with Crippen LogP contribution < -0.4 is 10.9 Å². The molecule has 21 heavy (non-hydrogen) atoms. The summed E-state index contributed by atoms with van der Waals surface area (Å²) in [5, 5.41) is 4.47. The molecule has 0 radical (unpaired) electrons. The van der Waals surface area contributed by atoms with Crippen LogP contribution in [0.25, 0.3) is 10.9 Å². The average molecular weight is 326 g/mol. The van der Waals surface area contributed by atoms with Crippen LogP contribution in [0.5, 0.6) is 0 Å². The van der Waals surface area contributed by atoms with Crippen LogP contribution in [0.15, 0.2) is 23.0 Å². The number of nitrogens with one attached hydrogen (secondary N) is 2. The Morgan fingerprint density at radius 2 is 2.14 bits per heavy atom. The minimum atomic E-state index is -0.662. The first-order chi connectivity index (χ1) is 10.1. The number of nitrogens with zero attached hydrogens (tertiary/aromatic N) is 1. The van der Waals surface area contributed by atoms with E-state index < -0.39 is 10.8 Å². The highest BCUT2D eigenvalue weighted by Crippen LogP contribution is 2.15. The third-order valence-corrected chi connectivity index (χ3v) is 5.28. The summed E-state index contributed by atoms with van der Waals surface area (Å²) in [5.41, 5.74) is 0.450. The van der Waals surface area contributed by atoms with Crippen LogP contribution in [0.3, 0.4) is 0 Å². The van der Waals surface area contributed by atoms with Crippen LogP contribution in [0.2, 0.25) is 5.02 Å². The van der Waals surface area contributed by atoms with Crippen molar-refractivity contribution in [1.29, 1.82) is 0 Å². The lowest BCUT2D eigenvalue weighted by Crippen LogP contribution is -2.36. The summed E-state index contributed by atoms with van der Waals surface area (Å²) < 4.78 is 11.3. The van der Waals surface area contributed by atoms with Gasteiger partial charge in [-0.05, 0) is 31.0 Å². The van der Waals surface area contributed by atoms with Gasteiger partial charge < -0.3 is 10.3 Å². The largest absolute Gasteiger partial charge is 0.309 e. The average Bonchev–Trinajstić information content (AvgIpc) is 2.46. The lowest BCUT2D eigenvalue weighted by molar-refractivity contribution is 0.468. The maximum Gasteiger partial charge on any atom is 0.258 e. The highest BCUT2D eigenvalue weighted by Gasteiger charge is 2.17. The van der Waals surface area contributed by atoms with Crippen LogP contribution in [0.4, 0.5) is 0 Å². The Morgan fingerprint density at radius 3 is 2.90 bits per heavy atom. The summed E-state index contributed by atoms with van der Waals surface area (Å²) in [7, 11) is -0.662. The molecule has 2 heterocycles. The Kier molecular flexibility index (Phi) is 4.37. The molecule has 0 amide bonds. The maximum absolute atomic E-state index is 12.0. The van der Waals surface area contributed by atoms with Crippen molar-refractivity contribution in [2.45, 2.75) is 25.4 Å². The summed E-state index contributed by atoms with van der Waals surface area (Å²) in [6, 6.07) is 5.39. The van der Waals surface area contributed by atoms with E-state index in [0.29, 0.717) is 34.3 Å². The van der Waals surface area contributed by atoms with Crippen LogP contribution in [-0.2, 0) is 17.3 Å². The van der Waals surface area contributed by atoms with Crippen LogP contribution in [0, 0.1) is 0 Å². The zero-order chi connectivity index (χ0) is 14.8. The van der Waals surface area contributed by atoms with Crippen LogP contribution in [-0.4, -0.2) is 31.7 Å². The normalized spacial score (nSPS) is 22.5. The fourth-order valence-corrected chi connectivity index (χ4v) is 3.95. The maximum atomic E-state index is 12.0. The zero-order valence-electron chi connectivity index (χ0n) is 11.4. The predicted molar refractivity (Wildman–Crippen MR) is 85.1 cm³/mol. The van der Waals surface area contributed by atoms with E-state index in [1.807, 2.05) is 0 Å². The van der Waals surface area contributed by atoms with Gasteiger partial charge in [0, 0.05) is 33.4 Å². The van der Waals surface area contributed by atoms with E-state index in [0.717, 1.165) is 24.3 Å². The summed E-state index contributed by atoms with van der Waals surface area (Å²) in [5.74, 6) is 2.09. The van der Waals surface area contributed by atoms with E-state index in [-0.39, 0.29) is 5.56 Å². The Bertz CT molecular complexity index is 737. The molecule has 0 aliphatic carbocycles. The van der Waals surface area contributed by atoms with E-state index in [2.05, 4.69) is 15.3 Å². The van der Waals surface area contributed by atoms with Gasteiger partial charge in [-0.15, -0.1) is 0 Å². The standard InChI is InChI=1S/C14H16ClN3O2S/c15-9-1-2-11-12(7-9)17-13(18-14(11)19)8-16-10-3-5-21(20)6-4-10/h1-2,7,10,16H,3-6,8H2,(H,17,18,19). The van der Waals surface area contributed by atoms with E-state index in [1.54, 1.807) is 18.2 Å². The number of benzene rings is 1. The molecule has 0 spiro atoms. The van der Waals surface area contributed by atoms with E-state index >= 15 is 0 Å². The van der Waals surface area contributed by atoms with Gasteiger partial charge in [-0.2, -0.15) is 0 Å². The second kappa shape index (κ2) is 6.25. The first-order valence-corrected chi connectivity index (χ1v) is 8.75. The number of fused-ring (bicyclic) bond motifs is 1. The predicted octanol–water partition coefficient (Wildman–Crippen LogP) is 1.58. The van der Waals surface area contributed by atoms with Gasteiger partial charge in [0.05, 0.1) is 17.4 Å². The van der Waals surface area contributed by atoms with Crippen molar-refractivity contribution in [3.05, 3.63) is 39.4 Å². The molecule has 1 fully saturated rings. The Balaban J connectivity index is 1.75. The molecule has 3 rings (SSSR count). The smallest absolute Gasteiger partial charge is 0.258 e. The summed E-state index contributed by atoms with van der Waals surface area (Å²) >= 11 is 5.94. The third-order valence-electron chi connectivity index (χ3n) is 3.66. The second-order valence-electron chi connectivity index (χ2n) is 5.18. The third kappa shape index (κ3) is 3.51. The van der Waals surface area contributed by atoms with Gasteiger partial charge in [0.2, 0.25) is 0 Å². The van der Waals surface area contributed by atoms with Gasteiger partial charge in [0.25, 0.3) is 5.56 Å². The van der Waals surface area contributed by atoms with Gasteiger partial charge >= 0.3 is 0 Å². The molecule has 5 nitrogen and oxygen atoms in total. The fraction of sp³-hybridized carbons (Fsp3) is 0.429. The number of aromatic amines is 1. The molecule has 2 N–H and O–H groups in total. The molecule has 1 aromatic heterocycles. The minimum absolute atomic E-state index is 0.154. The molecular weight excluding hydrogens is 310 g/mol. The van der Waals surface area contributed by atoms with Crippen LogP contribution in [0.1, 0.15) is 18.7 Å². The number of hydrogen-bond acceptors (Lipinski definition) is 4. The summed E-state index contributed by atoms with van der Waals surface area (Å²) in [4.78, 5) is 19.2. The number of H-pyrrole nitrogens is 1. The van der Waals surface area contributed by atoms with E-state index in [9.17, 15) is 9.00 Å². The van der Waals surface area contributed by atoms with Crippen molar-refractivity contribution in [2.24, 2.45) is 0 Å². The fourth-order valence-electron chi connectivity index (χ4n) is 2.48.